The average molecular weight is 439 g/mol. The molecule has 0 saturated carbocycles. The number of halogens is 3. The summed E-state index contributed by atoms with van der Waals surface area (Å²) in [5.74, 6) is -0.134. The van der Waals surface area contributed by atoms with Crippen molar-refractivity contribution in [3.8, 4) is 0 Å². The molecule has 3 rings (SSSR count). The predicted octanol–water partition coefficient (Wildman–Crippen LogP) is 3.95. The van der Waals surface area contributed by atoms with Crippen molar-refractivity contribution in [3.63, 3.8) is 0 Å². The standard InChI is InChI=1S/C22H28F3N3O3/c1-4-31-20(29)18-17(13-28-11-9-14(2)10-12-28)27(3)21(30)26-19(18)15-7-5-6-8-16(15)22(23,24)25/h5-8,14,19H,4,9-13H2,1-3H3,(H,26,30)/t19-/m0/s1. The number of alkyl halides is 3. The number of benzene rings is 1. The van der Waals surface area contributed by atoms with Crippen LogP contribution in [0.15, 0.2) is 35.5 Å². The van der Waals surface area contributed by atoms with Crippen molar-refractivity contribution in [1.29, 1.82) is 0 Å². The second-order valence-corrected chi connectivity index (χ2v) is 8.07. The van der Waals surface area contributed by atoms with E-state index in [0.717, 1.165) is 32.0 Å². The summed E-state index contributed by atoms with van der Waals surface area (Å²) in [6, 6.07) is 3.18. The zero-order valence-corrected chi connectivity index (χ0v) is 18.0. The van der Waals surface area contributed by atoms with Gasteiger partial charge in [-0.15, -0.1) is 0 Å². The molecule has 2 aliphatic rings. The van der Waals surface area contributed by atoms with Gasteiger partial charge in [0.25, 0.3) is 0 Å². The number of carbonyl (C=O) groups excluding carboxylic acids is 2. The highest BCUT2D eigenvalue weighted by Crippen LogP contribution is 2.39. The first-order chi connectivity index (χ1) is 14.6. The van der Waals surface area contributed by atoms with Crippen molar-refractivity contribution in [1.82, 2.24) is 15.1 Å². The molecule has 170 valence electrons. The van der Waals surface area contributed by atoms with E-state index in [9.17, 15) is 22.8 Å². The number of esters is 1. The van der Waals surface area contributed by atoms with Gasteiger partial charge >= 0.3 is 18.2 Å². The monoisotopic (exact) mass is 439 g/mol. The Bertz CT molecular complexity index is 861. The van der Waals surface area contributed by atoms with Gasteiger partial charge in [-0.25, -0.2) is 9.59 Å². The molecule has 2 aliphatic heterocycles. The SMILES string of the molecule is CCOC(=O)C1=C(CN2CCC(C)CC2)N(C)C(=O)N[C@H]1c1ccccc1C(F)(F)F. The number of urea groups is 1. The van der Waals surface area contributed by atoms with Crippen molar-refractivity contribution in [3.05, 3.63) is 46.7 Å². The minimum Gasteiger partial charge on any atom is -0.463 e. The van der Waals surface area contributed by atoms with E-state index < -0.39 is 29.8 Å². The van der Waals surface area contributed by atoms with Crippen molar-refractivity contribution < 1.29 is 27.5 Å². The van der Waals surface area contributed by atoms with Crippen LogP contribution >= 0.6 is 0 Å². The summed E-state index contributed by atoms with van der Waals surface area (Å²) in [4.78, 5) is 29.1. The van der Waals surface area contributed by atoms with Crippen LogP contribution in [-0.4, -0.2) is 55.1 Å². The highest BCUT2D eigenvalue weighted by atomic mass is 19.4. The summed E-state index contributed by atoms with van der Waals surface area (Å²) >= 11 is 0. The lowest BCUT2D eigenvalue weighted by Gasteiger charge is -2.38. The molecule has 0 spiro atoms. The van der Waals surface area contributed by atoms with Crippen molar-refractivity contribution in [2.75, 3.05) is 33.3 Å². The maximum absolute atomic E-state index is 13.7. The molecular formula is C22H28F3N3O3. The van der Waals surface area contributed by atoms with Gasteiger partial charge in [-0.2, -0.15) is 13.2 Å². The van der Waals surface area contributed by atoms with E-state index in [1.807, 2.05) is 0 Å². The van der Waals surface area contributed by atoms with Gasteiger partial charge in [0.2, 0.25) is 0 Å². The molecule has 9 heteroatoms. The van der Waals surface area contributed by atoms with Gasteiger partial charge in [0.15, 0.2) is 0 Å². The van der Waals surface area contributed by atoms with E-state index in [0.29, 0.717) is 11.6 Å². The molecule has 2 amide bonds. The second-order valence-electron chi connectivity index (χ2n) is 8.07. The Hall–Kier alpha value is -2.55. The minimum atomic E-state index is -4.63. The van der Waals surface area contributed by atoms with Crippen LogP contribution in [0.2, 0.25) is 0 Å². The van der Waals surface area contributed by atoms with Gasteiger partial charge in [0.05, 0.1) is 23.8 Å². The molecule has 2 heterocycles. The number of likely N-dealkylation sites (N-methyl/N-ethyl adjacent to an activating group) is 1. The fraction of sp³-hybridized carbons (Fsp3) is 0.545. The van der Waals surface area contributed by atoms with Crippen LogP contribution in [0.25, 0.3) is 0 Å². The summed E-state index contributed by atoms with van der Waals surface area (Å²) in [7, 11) is 1.52. The molecule has 31 heavy (non-hydrogen) atoms. The average Bonchev–Trinajstić information content (AvgIpc) is 2.72. The van der Waals surface area contributed by atoms with E-state index >= 15 is 0 Å². The minimum absolute atomic E-state index is 0.0410. The Morgan fingerprint density at radius 3 is 2.48 bits per heavy atom. The van der Waals surface area contributed by atoms with Crippen LogP contribution in [0.4, 0.5) is 18.0 Å². The van der Waals surface area contributed by atoms with Gasteiger partial charge < -0.3 is 10.1 Å². The van der Waals surface area contributed by atoms with Crippen LogP contribution in [0.3, 0.4) is 0 Å². The number of likely N-dealkylation sites (tertiary alicyclic amines) is 1. The molecule has 0 bridgehead atoms. The molecule has 0 unspecified atom stereocenters. The third kappa shape index (κ3) is 5.03. The van der Waals surface area contributed by atoms with Crippen molar-refractivity contribution in [2.45, 2.75) is 38.9 Å². The Kier molecular flexibility index (Phi) is 6.93. The number of nitrogens with zero attached hydrogens (tertiary/aromatic N) is 2. The molecule has 6 nitrogen and oxygen atoms in total. The lowest BCUT2D eigenvalue weighted by molar-refractivity contribution is -0.141. The number of rotatable bonds is 5. The first-order valence-corrected chi connectivity index (χ1v) is 10.5. The molecule has 1 atom stereocenters. The predicted molar refractivity (Wildman–Crippen MR) is 109 cm³/mol. The number of ether oxygens (including phenoxy) is 1. The normalized spacial score (nSPS) is 21.3. The topological polar surface area (TPSA) is 61.9 Å². The third-order valence-electron chi connectivity index (χ3n) is 5.90. The molecule has 1 fully saturated rings. The van der Waals surface area contributed by atoms with E-state index in [2.05, 4.69) is 17.1 Å². The molecule has 1 aromatic rings. The molecule has 0 aliphatic carbocycles. The highest BCUT2D eigenvalue weighted by molar-refractivity contribution is 5.95. The van der Waals surface area contributed by atoms with Crippen LogP contribution in [0.5, 0.6) is 0 Å². The maximum atomic E-state index is 13.7. The fourth-order valence-electron chi connectivity index (χ4n) is 4.07. The summed E-state index contributed by atoms with van der Waals surface area (Å²) in [6.45, 7) is 5.75. The molecule has 1 saturated heterocycles. The summed E-state index contributed by atoms with van der Waals surface area (Å²) in [6.07, 6.45) is -2.66. The van der Waals surface area contributed by atoms with E-state index in [-0.39, 0.29) is 24.3 Å². The van der Waals surface area contributed by atoms with Crippen LogP contribution in [0.1, 0.15) is 43.9 Å². The van der Waals surface area contributed by atoms with E-state index in [1.54, 1.807) is 6.92 Å². The number of amides is 2. The fourth-order valence-corrected chi connectivity index (χ4v) is 4.07. The summed E-state index contributed by atoms with van der Waals surface area (Å²) in [5.41, 5.74) is -0.653. The van der Waals surface area contributed by atoms with E-state index in [1.165, 1.54) is 30.1 Å². The second kappa shape index (κ2) is 9.30. The molecule has 1 N–H and O–H groups in total. The number of hydrogen-bond donors (Lipinski definition) is 1. The van der Waals surface area contributed by atoms with Gasteiger partial charge in [0.1, 0.15) is 0 Å². The zero-order valence-electron chi connectivity index (χ0n) is 18.0. The van der Waals surface area contributed by atoms with E-state index in [4.69, 9.17) is 4.74 Å². The number of piperidine rings is 1. The molecule has 0 radical (unpaired) electrons. The van der Waals surface area contributed by atoms with Gasteiger partial charge in [-0.1, -0.05) is 25.1 Å². The first-order valence-electron chi connectivity index (χ1n) is 10.5. The number of carbonyl (C=O) groups is 2. The van der Waals surface area contributed by atoms with Crippen molar-refractivity contribution in [2.24, 2.45) is 5.92 Å². The Balaban J connectivity index is 2.10. The lowest BCUT2D eigenvalue weighted by atomic mass is 9.90. The molecular weight excluding hydrogens is 411 g/mol. The van der Waals surface area contributed by atoms with Crippen LogP contribution in [-0.2, 0) is 15.7 Å². The molecule has 0 aromatic heterocycles. The summed E-state index contributed by atoms with van der Waals surface area (Å²) < 4.78 is 46.3. The maximum Gasteiger partial charge on any atom is 0.416 e. The smallest absolute Gasteiger partial charge is 0.416 e. The number of hydrogen-bond acceptors (Lipinski definition) is 4. The lowest BCUT2D eigenvalue weighted by Crippen LogP contribution is -2.50. The highest BCUT2D eigenvalue weighted by Gasteiger charge is 2.42. The Morgan fingerprint density at radius 1 is 1.23 bits per heavy atom. The quantitative estimate of drug-likeness (QED) is 0.706. The van der Waals surface area contributed by atoms with Crippen LogP contribution < -0.4 is 5.32 Å². The summed E-state index contributed by atoms with van der Waals surface area (Å²) in [5, 5.41) is 2.57. The first kappa shape index (κ1) is 23.1. The Labute approximate surface area is 180 Å². The van der Waals surface area contributed by atoms with Gasteiger partial charge in [-0.3, -0.25) is 9.80 Å². The number of nitrogens with one attached hydrogen (secondary N) is 1. The molecule has 1 aromatic carbocycles. The van der Waals surface area contributed by atoms with Gasteiger partial charge in [0, 0.05) is 19.3 Å². The van der Waals surface area contributed by atoms with Crippen molar-refractivity contribution >= 4 is 12.0 Å². The zero-order chi connectivity index (χ0) is 22.8. The largest absolute Gasteiger partial charge is 0.463 e. The van der Waals surface area contributed by atoms with Gasteiger partial charge in [-0.05, 0) is 50.4 Å². The third-order valence-corrected chi connectivity index (χ3v) is 5.90. The Morgan fingerprint density at radius 2 is 1.87 bits per heavy atom. The van der Waals surface area contributed by atoms with Crippen LogP contribution in [0, 0.1) is 5.92 Å².